The van der Waals surface area contributed by atoms with E-state index in [0.717, 1.165) is 0 Å². The van der Waals surface area contributed by atoms with Gasteiger partial charge in [0.1, 0.15) is 18.3 Å². The average Bonchev–Trinajstić information content (AvgIpc) is 2.90. The maximum Gasteiger partial charge on any atom is 0.334 e. The fourth-order valence-electron chi connectivity index (χ4n) is 3.45. The minimum absolute atomic E-state index is 0.253. The van der Waals surface area contributed by atoms with E-state index in [2.05, 4.69) is 0 Å². The smallest absolute Gasteiger partial charge is 0.334 e. The van der Waals surface area contributed by atoms with Crippen molar-refractivity contribution in [1.29, 1.82) is 0 Å². The molecule has 0 saturated carbocycles. The number of rotatable bonds is 7. The van der Waals surface area contributed by atoms with Crippen LogP contribution in [0.15, 0.2) is 48.3 Å². The fraction of sp³-hybridized carbons (Fsp3) is 0.565. The van der Waals surface area contributed by atoms with Crippen LogP contribution in [-0.4, -0.2) is 48.7 Å². The Bertz CT molecular complexity index is 758. The summed E-state index contributed by atoms with van der Waals surface area (Å²) in [6, 6.07) is 0. The second-order valence-corrected chi connectivity index (χ2v) is 8.27. The van der Waals surface area contributed by atoms with E-state index >= 15 is 0 Å². The van der Waals surface area contributed by atoms with Crippen LogP contribution < -0.4 is 0 Å². The maximum atomic E-state index is 12.5. The van der Waals surface area contributed by atoms with Crippen LogP contribution in [0.1, 0.15) is 41.5 Å². The van der Waals surface area contributed by atoms with E-state index in [1.54, 1.807) is 38.2 Å². The van der Waals surface area contributed by atoms with Crippen molar-refractivity contribution < 1.29 is 33.3 Å². The third-order valence-corrected chi connectivity index (χ3v) is 4.91. The first kappa shape index (κ1) is 23.9. The molecular weight excluding hydrogens is 388 g/mol. The van der Waals surface area contributed by atoms with Crippen molar-refractivity contribution in [3.63, 3.8) is 0 Å². The van der Waals surface area contributed by atoms with Crippen LogP contribution in [0.4, 0.5) is 0 Å². The Hall–Kier alpha value is -2.38. The molecule has 2 aliphatic rings. The van der Waals surface area contributed by atoms with Crippen LogP contribution in [0.3, 0.4) is 0 Å². The van der Waals surface area contributed by atoms with Crippen LogP contribution in [0.25, 0.3) is 0 Å². The van der Waals surface area contributed by atoms with Crippen LogP contribution in [0, 0.1) is 5.92 Å². The Morgan fingerprint density at radius 2 is 1.93 bits per heavy atom. The predicted molar refractivity (Wildman–Crippen MR) is 111 cm³/mol. The predicted octanol–water partition coefficient (Wildman–Crippen LogP) is 3.61. The quantitative estimate of drug-likeness (QED) is 0.269. The highest BCUT2D eigenvalue weighted by Gasteiger charge is 2.51. The summed E-state index contributed by atoms with van der Waals surface area (Å²) >= 11 is 0. The molecule has 7 heteroatoms. The molecule has 7 nitrogen and oxygen atoms in total. The Labute approximate surface area is 178 Å². The van der Waals surface area contributed by atoms with E-state index in [4.69, 9.17) is 23.7 Å². The monoisotopic (exact) mass is 420 g/mol. The highest BCUT2D eigenvalue weighted by Crippen LogP contribution is 2.39. The number of allylic oxidation sites excluding steroid dienone is 1. The summed E-state index contributed by atoms with van der Waals surface area (Å²) in [5.74, 6) is -1.92. The number of cyclic esters (lactones) is 1. The third kappa shape index (κ3) is 6.06. The molecule has 30 heavy (non-hydrogen) atoms. The van der Waals surface area contributed by atoms with Crippen LogP contribution in [0.2, 0.25) is 0 Å². The number of hydrogen-bond acceptors (Lipinski definition) is 7. The number of methoxy groups -OCH3 is 1. The number of carbonyl (C=O) groups excluding carboxylic acids is 2. The lowest BCUT2D eigenvalue weighted by atomic mass is 9.93. The Kier molecular flexibility index (Phi) is 7.66. The summed E-state index contributed by atoms with van der Waals surface area (Å²) in [7, 11) is 1.52. The average molecular weight is 421 g/mol. The van der Waals surface area contributed by atoms with Crippen LogP contribution in [-0.2, 0) is 33.3 Å². The standard InChI is InChI=1S/C23H32O7/c1-8-15(2)21(25)28-18(20-22(3,4)30-23(5,6)29-20)11-9-16-10-12-19(24)27-17(16)13-14-26-7/h8-14,16-18,20H,1-7H3/b11-9+,14-13+,15-8+/t16?,17?,18-,20+/m1/s1. The zero-order valence-corrected chi connectivity index (χ0v) is 18.7. The lowest BCUT2D eigenvalue weighted by Gasteiger charge is -2.29. The number of hydrogen-bond donors (Lipinski definition) is 0. The Balaban J connectivity index is 2.32. The molecule has 2 rings (SSSR count). The van der Waals surface area contributed by atoms with Crippen molar-refractivity contribution in [3.05, 3.63) is 48.3 Å². The second kappa shape index (κ2) is 9.62. The summed E-state index contributed by atoms with van der Waals surface area (Å²) < 4.78 is 28.2. The molecule has 4 atom stereocenters. The third-order valence-electron chi connectivity index (χ3n) is 4.91. The van der Waals surface area contributed by atoms with E-state index in [9.17, 15) is 9.59 Å². The Morgan fingerprint density at radius 3 is 2.50 bits per heavy atom. The minimum Gasteiger partial charge on any atom is -0.505 e. The van der Waals surface area contributed by atoms with Crippen molar-refractivity contribution in [2.45, 2.75) is 71.2 Å². The number of carbonyl (C=O) groups is 2. The van der Waals surface area contributed by atoms with Crippen molar-refractivity contribution in [1.82, 2.24) is 0 Å². The zero-order valence-electron chi connectivity index (χ0n) is 18.7. The first-order chi connectivity index (χ1) is 14.0. The largest absolute Gasteiger partial charge is 0.505 e. The van der Waals surface area contributed by atoms with Crippen LogP contribution in [0.5, 0.6) is 0 Å². The normalized spacial score (nSPS) is 29.2. The maximum absolute atomic E-state index is 12.5. The van der Waals surface area contributed by atoms with Gasteiger partial charge in [0.15, 0.2) is 5.79 Å². The molecule has 0 aromatic rings. The molecule has 1 saturated heterocycles. The van der Waals surface area contributed by atoms with Crippen molar-refractivity contribution in [3.8, 4) is 0 Å². The second-order valence-electron chi connectivity index (χ2n) is 8.27. The first-order valence-corrected chi connectivity index (χ1v) is 9.97. The fourth-order valence-corrected chi connectivity index (χ4v) is 3.45. The summed E-state index contributed by atoms with van der Waals surface area (Å²) in [5, 5.41) is 0. The van der Waals surface area contributed by atoms with Gasteiger partial charge in [-0.25, -0.2) is 9.59 Å². The molecule has 0 radical (unpaired) electrons. The van der Waals surface area contributed by atoms with Gasteiger partial charge in [-0.05, 0) is 53.7 Å². The number of ether oxygens (including phenoxy) is 5. The zero-order chi connectivity index (χ0) is 22.5. The van der Waals surface area contributed by atoms with Gasteiger partial charge in [-0.15, -0.1) is 0 Å². The van der Waals surface area contributed by atoms with E-state index < -0.39 is 41.6 Å². The van der Waals surface area contributed by atoms with Crippen LogP contribution >= 0.6 is 0 Å². The minimum atomic E-state index is -0.813. The van der Waals surface area contributed by atoms with Crippen molar-refractivity contribution in [2.24, 2.45) is 5.92 Å². The SMILES string of the molecule is C/C=C(\C)C(=O)O[C@H](/C=C/C1C=CC(=O)OC1/C=C/OC)[C@@H]1OC(C)(C)OC1(C)C. The Morgan fingerprint density at radius 1 is 1.23 bits per heavy atom. The molecule has 166 valence electrons. The molecule has 0 N–H and O–H groups in total. The van der Waals surface area contributed by atoms with Gasteiger partial charge in [0.05, 0.1) is 19.0 Å². The van der Waals surface area contributed by atoms with E-state index in [0.29, 0.717) is 5.57 Å². The summed E-state index contributed by atoms with van der Waals surface area (Å²) in [4.78, 5) is 24.1. The number of esters is 2. The molecule has 2 unspecified atom stereocenters. The lowest BCUT2D eigenvalue weighted by molar-refractivity contribution is -0.167. The van der Waals surface area contributed by atoms with E-state index in [1.165, 1.54) is 19.4 Å². The van der Waals surface area contributed by atoms with Crippen molar-refractivity contribution >= 4 is 11.9 Å². The highest BCUT2D eigenvalue weighted by atomic mass is 16.8. The first-order valence-electron chi connectivity index (χ1n) is 9.97. The lowest BCUT2D eigenvalue weighted by Crippen LogP contribution is -2.43. The molecule has 0 aromatic carbocycles. The molecule has 0 bridgehead atoms. The van der Waals surface area contributed by atoms with Gasteiger partial charge in [-0.1, -0.05) is 18.2 Å². The van der Waals surface area contributed by atoms with Crippen molar-refractivity contribution in [2.75, 3.05) is 7.11 Å². The summed E-state index contributed by atoms with van der Waals surface area (Å²) in [6.45, 7) is 10.9. The molecule has 2 heterocycles. The molecule has 0 aromatic heterocycles. The van der Waals surface area contributed by atoms with Gasteiger partial charge in [-0.2, -0.15) is 0 Å². The molecule has 1 fully saturated rings. The topological polar surface area (TPSA) is 80.3 Å². The van der Waals surface area contributed by atoms with Gasteiger partial charge in [0.25, 0.3) is 0 Å². The summed E-state index contributed by atoms with van der Waals surface area (Å²) in [5.41, 5.74) is -0.191. The molecule has 0 amide bonds. The molecular formula is C23H32O7. The molecule has 0 aliphatic carbocycles. The van der Waals surface area contributed by atoms with Gasteiger partial charge in [0, 0.05) is 17.6 Å². The highest BCUT2D eigenvalue weighted by molar-refractivity contribution is 5.87. The van der Waals surface area contributed by atoms with Gasteiger partial charge in [0.2, 0.25) is 0 Å². The van der Waals surface area contributed by atoms with E-state index in [1.807, 2.05) is 33.8 Å². The molecule has 0 spiro atoms. The van der Waals surface area contributed by atoms with Gasteiger partial charge >= 0.3 is 11.9 Å². The van der Waals surface area contributed by atoms with Gasteiger partial charge in [-0.3, -0.25) is 0 Å². The summed E-state index contributed by atoms with van der Waals surface area (Å²) in [6.07, 6.45) is 9.76. The molecule has 2 aliphatic heterocycles. The van der Waals surface area contributed by atoms with E-state index in [-0.39, 0.29) is 5.92 Å². The van der Waals surface area contributed by atoms with Gasteiger partial charge < -0.3 is 23.7 Å².